The Balaban J connectivity index is 1.52. The van der Waals surface area contributed by atoms with Crippen LogP contribution < -0.4 is 5.32 Å². The molecule has 3 aromatic rings. The number of pyridine rings is 1. The molecule has 1 aliphatic heterocycles. The molecule has 1 N–H and O–H groups in total. The molecule has 1 aromatic carbocycles. The molecule has 1 saturated heterocycles. The van der Waals surface area contributed by atoms with Gasteiger partial charge in [0, 0.05) is 31.3 Å². The van der Waals surface area contributed by atoms with Crippen LogP contribution in [0.25, 0.3) is 16.7 Å². The number of benzene rings is 1. The first-order valence-corrected chi connectivity index (χ1v) is 9.50. The van der Waals surface area contributed by atoms with E-state index in [9.17, 15) is 9.59 Å². The van der Waals surface area contributed by atoms with E-state index >= 15 is 0 Å². The lowest BCUT2D eigenvalue weighted by molar-refractivity contribution is -0.132. The van der Waals surface area contributed by atoms with Crippen molar-refractivity contribution in [3.63, 3.8) is 0 Å². The molecule has 4 rings (SSSR count). The number of hydrogen-bond acceptors (Lipinski definition) is 4. The van der Waals surface area contributed by atoms with Gasteiger partial charge in [-0.25, -0.2) is 9.67 Å². The number of nitrogens with one attached hydrogen (secondary N) is 1. The third-order valence-corrected chi connectivity index (χ3v) is 5.29. The highest BCUT2D eigenvalue weighted by Gasteiger charge is 2.26. The summed E-state index contributed by atoms with van der Waals surface area (Å²) in [5.41, 5.74) is 3.23. The highest BCUT2D eigenvalue weighted by molar-refractivity contribution is 5.94. The number of nitrogens with zero attached hydrogens (tertiary/aromatic N) is 4. The van der Waals surface area contributed by atoms with Crippen LogP contribution in [-0.4, -0.2) is 44.6 Å². The Labute approximate surface area is 163 Å². The van der Waals surface area contributed by atoms with Crippen molar-refractivity contribution in [3.8, 4) is 5.69 Å². The summed E-state index contributed by atoms with van der Waals surface area (Å²) in [4.78, 5) is 30.4. The molecular weight excluding hydrogens is 354 g/mol. The average Bonchev–Trinajstić information content (AvgIpc) is 3.05. The van der Waals surface area contributed by atoms with Crippen LogP contribution in [0.2, 0.25) is 0 Å². The number of piperidine rings is 1. The van der Waals surface area contributed by atoms with E-state index in [2.05, 4.69) is 15.4 Å². The van der Waals surface area contributed by atoms with E-state index in [1.807, 2.05) is 48.0 Å². The fourth-order valence-corrected chi connectivity index (χ4v) is 3.66. The number of amides is 2. The minimum atomic E-state index is -0.0839. The first kappa shape index (κ1) is 18.2. The predicted octanol–water partition coefficient (Wildman–Crippen LogP) is 2.93. The number of aromatic nitrogens is 3. The van der Waals surface area contributed by atoms with Gasteiger partial charge >= 0.3 is 0 Å². The van der Waals surface area contributed by atoms with E-state index < -0.39 is 0 Å². The average molecular weight is 377 g/mol. The highest BCUT2D eigenvalue weighted by Crippen LogP contribution is 2.24. The van der Waals surface area contributed by atoms with Gasteiger partial charge in [0.05, 0.1) is 23.3 Å². The van der Waals surface area contributed by atoms with Gasteiger partial charge in [-0.3, -0.25) is 9.59 Å². The fourth-order valence-electron chi connectivity index (χ4n) is 3.66. The van der Waals surface area contributed by atoms with Crippen LogP contribution in [0.15, 0.2) is 42.6 Å². The summed E-state index contributed by atoms with van der Waals surface area (Å²) >= 11 is 0. The second kappa shape index (κ2) is 7.42. The van der Waals surface area contributed by atoms with Crippen LogP contribution in [0, 0.1) is 12.8 Å². The number of anilines is 1. The largest absolute Gasteiger partial charge is 0.343 e. The Bertz CT molecular complexity index is 1020. The zero-order valence-corrected chi connectivity index (χ0v) is 16.1. The summed E-state index contributed by atoms with van der Waals surface area (Å²) < 4.78 is 1.81. The van der Waals surface area contributed by atoms with Crippen molar-refractivity contribution in [1.29, 1.82) is 0 Å². The smallest absolute Gasteiger partial charge is 0.227 e. The molecule has 0 bridgehead atoms. The monoisotopic (exact) mass is 377 g/mol. The van der Waals surface area contributed by atoms with Gasteiger partial charge in [-0.05, 0) is 38.0 Å². The molecule has 3 heterocycles. The first-order valence-electron chi connectivity index (χ1n) is 9.50. The number of rotatable bonds is 3. The number of hydrogen-bond donors (Lipinski definition) is 1. The number of aryl methyl sites for hydroxylation is 1. The lowest BCUT2D eigenvalue weighted by atomic mass is 9.96. The van der Waals surface area contributed by atoms with Crippen LogP contribution in [0.3, 0.4) is 0 Å². The summed E-state index contributed by atoms with van der Waals surface area (Å²) in [5.74, 6) is -0.0312. The third-order valence-electron chi connectivity index (χ3n) is 5.29. The molecule has 144 valence electrons. The molecule has 2 aromatic heterocycles. The summed E-state index contributed by atoms with van der Waals surface area (Å²) in [6, 6.07) is 11.8. The van der Waals surface area contributed by atoms with Gasteiger partial charge in [0.2, 0.25) is 11.8 Å². The maximum atomic E-state index is 12.6. The molecule has 7 heteroatoms. The quantitative estimate of drug-likeness (QED) is 0.761. The molecular formula is C21H23N5O2. The molecule has 0 atom stereocenters. The van der Waals surface area contributed by atoms with E-state index in [-0.39, 0.29) is 17.7 Å². The molecule has 2 amide bonds. The number of para-hydroxylation sites is 1. The minimum absolute atomic E-state index is 0.0162. The first-order chi connectivity index (χ1) is 13.5. The maximum Gasteiger partial charge on any atom is 0.227 e. The maximum absolute atomic E-state index is 12.6. The molecule has 0 unspecified atom stereocenters. The minimum Gasteiger partial charge on any atom is -0.343 e. The molecule has 0 radical (unpaired) electrons. The van der Waals surface area contributed by atoms with Crippen molar-refractivity contribution in [2.45, 2.75) is 26.7 Å². The van der Waals surface area contributed by atoms with Crippen LogP contribution in [-0.2, 0) is 9.59 Å². The Morgan fingerprint density at radius 3 is 2.54 bits per heavy atom. The second-order valence-corrected chi connectivity index (χ2v) is 7.20. The number of carbonyl (C=O) groups excluding carboxylic acids is 2. The lowest BCUT2D eigenvalue weighted by Gasteiger charge is -2.30. The Kier molecular flexibility index (Phi) is 4.81. The molecule has 1 fully saturated rings. The standard InChI is InChI=1S/C21H23N5O2/c1-14-19-12-17(23-21(28)16-8-10-25(11-9-16)15(2)27)13-22-20(19)26(24-14)18-6-4-3-5-7-18/h3-7,12-13,16H,8-11H2,1-2H3,(H,23,28). The number of likely N-dealkylation sites (tertiary alicyclic amines) is 1. The summed E-state index contributed by atoms with van der Waals surface area (Å²) in [6.45, 7) is 4.77. The normalized spacial score (nSPS) is 15.0. The van der Waals surface area contributed by atoms with E-state index in [0.29, 0.717) is 31.6 Å². The third kappa shape index (κ3) is 3.47. The number of carbonyl (C=O) groups is 2. The predicted molar refractivity (Wildman–Crippen MR) is 107 cm³/mol. The molecule has 0 spiro atoms. The lowest BCUT2D eigenvalue weighted by Crippen LogP contribution is -2.40. The van der Waals surface area contributed by atoms with Crippen molar-refractivity contribution in [1.82, 2.24) is 19.7 Å². The SMILES string of the molecule is CC(=O)N1CCC(C(=O)Nc2cnc3c(c2)c(C)nn3-c2ccccc2)CC1. The van der Waals surface area contributed by atoms with Gasteiger partial charge in [-0.2, -0.15) is 5.10 Å². The van der Waals surface area contributed by atoms with Crippen LogP contribution in [0.1, 0.15) is 25.5 Å². The molecule has 7 nitrogen and oxygen atoms in total. The summed E-state index contributed by atoms with van der Waals surface area (Å²) in [5, 5.41) is 8.49. The van der Waals surface area contributed by atoms with E-state index in [0.717, 1.165) is 22.4 Å². The van der Waals surface area contributed by atoms with Crippen LogP contribution in [0.5, 0.6) is 0 Å². The van der Waals surface area contributed by atoms with Crippen molar-refractivity contribution < 1.29 is 9.59 Å². The molecule has 28 heavy (non-hydrogen) atoms. The van der Waals surface area contributed by atoms with Gasteiger partial charge in [0.1, 0.15) is 0 Å². The van der Waals surface area contributed by atoms with Gasteiger partial charge in [0.15, 0.2) is 5.65 Å². The van der Waals surface area contributed by atoms with E-state index in [4.69, 9.17) is 0 Å². The molecule has 0 aliphatic carbocycles. The zero-order chi connectivity index (χ0) is 19.7. The summed E-state index contributed by atoms with van der Waals surface area (Å²) in [7, 11) is 0. The van der Waals surface area contributed by atoms with Crippen molar-refractivity contribution in [2.24, 2.45) is 5.92 Å². The zero-order valence-electron chi connectivity index (χ0n) is 16.1. The molecule has 1 aliphatic rings. The van der Waals surface area contributed by atoms with Crippen LogP contribution >= 0.6 is 0 Å². The topological polar surface area (TPSA) is 80.1 Å². The Morgan fingerprint density at radius 2 is 1.86 bits per heavy atom. The van der Waals surface area contributed by atoms with Gasteiger partial charge < -0.3 is 10.2 Å². The van der Waals surface area contributed by atoms with Gasteiger partial charge in [0.25, 0.3) is 0 Å². The van der Waals surface area contributed by atoms with Crippen LogP contribution in [0.4, 0.5) is 5.69 Å². The Morgan fingerprint density at radius 1 is 1.14 bits per heavy atom. The second-order valence-electron chi connectivity index (χ2n) is 7.20. The fraction of sp³-hybridized carbons (Fsp3) is 0.333. The summed E-state index contributed by atoms with van der Waals surface area (Å²) in [6.07, 6.45) is 3.05. The van der Waals surface area contributed by atoms with E-state index in [1.165, 1.54) is 0 Å². The van der Waals surface area contributed by atoms with Crippen molar-refractivity contribution in [3.05, 3.63) is 48.3 Å². The van der Waals surface area contributed by atoms with Gasteiger partial charge in [-0.1, -0.05) is 18.2 Å². The molecule has 0 saturated carbocycles. The van der Waals surface area contributed by atoms with Crippen molar-refractivity contribution >= 4 is 28.5 Å². The highest BCUT2D eigenvalue weighted by atomic mass is 16.2. The Hall–Kier alpha value is -3.22. The van der Waals surface area contributed by atoms with Crippen molar-refractivity contribution in [2.75, 3.05) is 18.4 Å². The van der Waals surface area contributed by atoms with E-state index in [1.54, 1.807) is 18.0 Å². The number of fused-ring (bicyclic) bond motifs is 1. The van der Waals surface area contributed by atoms with Gasteiger partial charge in [-0.15, -0.1) is 0 Å².